The minimum absolute atomic E-state index is 0.0447. The molecule has 1 heterocycles. The highest BCUT2D eigenvalue weighted by Crippen LogP contribution is 2.32. The number of nitrogens with one attached hydrogen (secondary N) is 1. The quantitative estimate of drug-likeness (QED) is 0.876. The second kappa shape index (κ2) is 7.13. The van der Waals surface area contributed by atoms with Gasteiger partial charge < -0.3 is 10.2 Å². The van der Waals surface area contributed by atoms with Crippen LogP contribution in [-0.4, -0.2) is 44.7 Å². The summed E-state index contributed by atoms with van der Waals surface area (Å²) >= 11 is 0. The third-order valence-electron chi connectivity index (χ3n) is 4.44. The molecule has 8 heteroatoms. The van der Waals surface area contributed by atoms with Crippen molar-refractivity contribution in [3.63, 3.8) is 0 Å². The molecule has 0 spiro atoms. The molecule has 7 nitrogen and oxygen atoms in total. The van der Waals surface area contributed by atoms with E-state index in [1.807, 2.05) is 0 Å². The maximum absolute atomic E-state index is 13.3. The summed E-state index contributed by atoms with van der Waals surface area (Å²) in [6.45, 7) is 1.79. The van der Waals surface area contributed by atoms with Crippen LogP contribution in [0.5, 0.6) is 0 Å². The van der Waals surface area contributed by atoms with E-state index in [2.05, 4.69) is 5.32 Å². The average molecular weight is 387 g/mol. The van der Waals surface area contributed by atoms with Crippen molar-refractivity contribution in [1.29, 1.82) is 0 Å². The van der Waals surface area contributed by atoms with Gasteiger partial charge in [0.1, 0.15) is 0 Å². The highest BCUT2D eigenvalue weighted by molar-refractivity contribution is 7.89. The number of fused-ring (bicyclic) bond motifs is 1. The Morgan fingerprint density at radius 3 is 2.56 bits per heavy atom. The van der Waals surface area contributed by atoms with Crippen molar-refractivity contribution in [1.82, 2.24) is 4.31 Å². The van der Waals surface area contributed by atoms with E-state index in [4.69, 9.17) is 0 Å². The predicted molar refractivity (Wildman–Crippen MR) is 103 cm³/mol. The molecule has 3 rings (SSSR count). The second-order valence-corrected chi connectivity index (χ2v) is 8.76. The molecule has 0 saturated carbocycles. The molecule has 1 aliphatic rings. The summed E-state index contributed by atoms with van der Waals surface area (Å²) in [5, 5.41) is 2.80. The highest BCUT2D eigenvalue weighted by atomic mass is 32.2. The Morgan fingerprint density at radius 2 is 1.85 bits per heavy atom. The zero-order chi connectivity index (χ0) is 19.8. The standard InChI is InChI=1S/C19H21N3O4S/c1-13-11-18(23)20-16-9-4-5-10-17(16)22(13)19(24)14-7-6-8-15(12-14)27(25,26)21(2)3/h4-10,12-13H,11H2,1-3H3,(H,20,23)/t13-/m0/s1. The lowest BCUT2D eigenvalue weighted by molar-refractivity contribution is -0.116. The van der Waals surface area contributed by atoms with Crippen LogP contribution in [0.15, 0.2) is 53.4 Å². The van der Waals surface area contributed by atoms with Crippen LogP contribution in [0.2, 0.25) is 0 Å². The molecule has 0 unspecified atom stereocenters. The summed E-state index contributed by atoms with van der Waals surface area (Å²) in [5.41, 5.74) is 1.38. The molecule has 2 amide bonds. The van der Waals surface area contributed by atoms with Gasteiger partial charge in [-0.1, -0.05) is 18.2 Å². The van der Waals surface area contributed by atoms with Crippen molar-refractivity contribution < 1.29 is 18.0 Å². The van der Waals surface area contributed by atoms with Gasteiger partial charge in [-0.2, -0.15) is 0 Å². The maximum atomic E-state index is 13.3. The fraction of sp³-hybridized carbons (Fsp3) is 0.263. The number of amides is 2. The Hall–Kier alpha value is -2.71. The van der Waals surface area contributed by atoms with E-state index in [-0.39, 0.29) is 34.7 Å². The van der Waals surface area contributed by atoms with Crippen LogP contribution in [0, 0.1) is 0 Å². The largest absolute Gasteiger partial charge is 0.324 e. The normalized spacial score (nSPS) is 17.3. The highest BCUT2D eigenvalue weighted by Gasteiger charge is 2.31. The second-order valence-electron chi connectivity index (χ2n) is 6.61. The lowest BCUT2D eigenvalue weighted by atomic mass is 10.1. The van der Waals surface area contributed by atoms with Gasteiger partial charge in [0.25, 0.3) is 5.91 Å². The van der Waals surface area contributed by atoms with Gasteiger partial charge in [-0.05, 0) is 37.3 Å². The maximum Gasteiger partial charge on any atom is 0.258 e. The first-order valence-corrected chi connectivity index (χ1v) is 9.91. The number of nitrogens with zero attached hydrogens (tertiary/aromatic N) is 2. The van der Waals surface area contributed by atoms with Crippen molar-refractivity contribution in [2.45, 2.75) is 24.3 Å². The molecular weight excluding hydrogens is 366 g/mol. The number of sulfonamides is 1. The van der Waals surface area contributed by atoms with Crippen molar-refractivity contribution in [3.05, 3.63) is 54.1 Å². The van der Waals surface area contributed by atoms with Crippen LogP contribution in [0.3, 0.4) is 0 Å². The molecule has 1 atom stereocenters. The van der Waals surface area contributed by atoms with Crippen molar-refractivity contribution in [2.24, 2.45) is 0 Å². The number of hydrogen-bond donors (Lipinski definition) is 1. The monoisotopic (exact) mass is 387 g/mol. The first kappa shape index (κ1) is 19.1. The number of carbonyl (C=O) groups excluding carboxylic acids is 2. The smallest absolute Gasteiger partial charge is 0.258 e. The molecule has 27 heavy (non-hydrogen) atoms. The van der Waals surface area contributed by atoms with Gasteiger partial charge in [0.05, 0.1) is 16.3 Å². The summed E-state index contributed by atoms with van der Waals surface area (Å²) in [5.74, 6) is -0.531. The van der Waals surface area contributed by atoms with Crippen LogP contribution < -0.4 is 10.2 Å². The van der Waals surface area contributed by atoms with Crippen LogP contribution >= 0.6 is 0 Å². The molecule has 1 aliphatic heterocycles. The number of anilines is 2. The molecule has 1 N–H and O–H groups in total. The van der Waals surface area contributed by atoms with E-state index >= 15 is 0 Å². The molecule has 0 radical (unpaired) electrons. The summed E-state index contributed by atoms with van der Waals surface area (Å²) in [7, 11) is -0.780. The number of hydrogen-bond acceptors (Lipinski definition) is 4. The van der Waals surface area contributed by atoms with Gasteiger partial charge in [0, 0.05) is 32.1 Å². The van der Waals surface area contributed by atoms with Gasteiger partial charge in [-0.15, -0.1) is 0 Å². The first-order chi connectivity index (χ1) is 12.7. The van der Waals surface area contributed by atoms with E-state index in [9.17, 15) is 18.0 Å². The zero-order valence-electron chi connectivity index (χ0n) is 15.3. The fourth-order valence-corrected chi connectivity index (χ4v) is 3.98. The number of benzene rings is 2. The Labute approximate surface area is 158 Å². The SMILES string of the molecule is C[C@H]1CC(=O)Nc2ccccc2N1C(=O)c1cccc(S(=O)(=O)N(C)C)c1. The van der Waals surface area contributed by atoms with Gasteiger partial charge in [0.15, 0.2) is 0 Å². The van der Waals surface area contributed by atoms with Gasteiger partial charge in [-0.25, -0.2) is 12.7 Å². The van der Waals surface area contributed by atoms with E-state index in [0.29, 0.717) is 11.4 Å². The molecule has 0 saturated heterocycles. The molecule has 2 aromatic rings. The zero-order valence-corrected chi connectivity index (χ0v) is 16.2. The molecule has 142 valence electrons. The molecule has 2 aromatic carbocycles. The number of para-hydroxylation sites is 2. The molecule has 0 fully saturated rings. The van der Waals surface area contributed by atoms with E-state index < -0.39 is 10.0 Å². The fourth-order valence-electron chi connectivity index (χ4n) is 3.04. The Balaban J connectivity index is 2.07. The summed E-state index contributed by atoms with van der Waals surface area (Å²) in [6.07, 6.45) is 0.149. The molecule has 0 bridgehead atoms. The van der Waals surface area contributed by atoms with E-state index in [1.165, 1.54) is 31.1 Å². The lowest BCUT2D eigenvalue weighted by Crippen LogP contribution is -2.39. The summed E-state index contributed by atoms with van der Waals surface area (Å²) in [4.78, 5) is 26.9. The van der Waals surface area contributed by atoms with Gasteiger partial charge >= 0.3 is 0 Å². The number of carbonyl (C=O) groups is 2. The van der Waals surface area contributed by atoms with Crippen molar-refractivity contribution in [3.8, 4) is 0 Å². The van der Waals surface area contributed by atoms with Gasteiger partial charge in [0.2, 0.25) is 15.9 Å². The summed E-state index contributed by atoms with van der Waals surface area (Å²) < 4.78 is 25.9. The van der Waals surface area contributed by atoms with Crippen molar-refractivity contribution >= 4 is 33.2 Å². The minimum Gasteiger partial charge on any atom is -0.324 e. The molecular formula is C19H21N3O4S. The Morgan fingerprint density at radius 1 is 1.15 bits per heavy atom. The van der Waals surface area contributed by atoms with E-state index in [0.717, 1.165) is 4.31 Å². The minimum atomic E-state index is -3.66. The third-order valence-corrected chi connectivity index (χ3v) is 6.25. The Kier molecular flexibility index (Phi) is 5.03. The topological polar surface area (TPSA) is 86.8 Å². The summed E-state index contributed by atoms with van der Waals surface area (Å²) in [6, 6.07) is 12.6. The lowest BCUT2D eigenvalue weighted by Gasteiger charge is -2.28. The Bertz CT molecular complexity index is 1000. The van der Waals surface area contributed by atoms with Gasteiger partial charge in [-0.3, -0.25) is 9.59 Å². The van der Waals surface area contributed by atoms with Crippen LogP contribution in [0.1, 0.15) is 23.7 Å². The number of rotatable bonds is 3. The van der Waals surface area contributed by atoms with Crippen LogP contribution in [-0.2, 0) is 14.8 Å². The first-order valence-electron chi connectivity index (χ1n) is 8.47. The average Bonchev–Trinajstić information content (AvgIpc) is 2.75. The molecule has 0 aromatic heterocycles. The van der Waals surface area contributed by atoms with Crippen molar-refractivity contribution in [2.75, 3.05) is 24.3 Å². The van der Waals surface area contributed by atoms with E-state index in [1.54, 1.807) is 43.3 Å². The third kappa shape index (κ3) is 3.58. The molecule has 0 aliphatic carbocycles. The predicted octanol–water partition coefficient (Wildman–Crippen LogP) is 2.31. The van der Waals surface area contributed by atoms with Crippen LogP contribution in [0.25, 0.3) is 0 Å². The van der Waals surface area contributed by atoms with Crippen LogP contribution in [0.4, 0.5) is 11.4 Å².